The Hall–Kier alpha value is -2.10. The van der Waals surface area contributed by atoms with Crippen molar-refractivity contribution in [3.63, 3.8) is 0 Å². The lowest BCUT2D eigenvalue weighted by Crippen LogP contribution is -2.23. The molecule has 0 radical (unpaired) electrons. The Labute approximate surface area is 92.3 Å². The van der Waals surface area contributed by atoms with Gasteiger partial charge in [-0.3, -0.25) is 9.59 Å². The van der Waals surface area contributed by atoms with Crippen molar-refractivity contribution in [3.05, 3.63) is 45.7 Å². The Morgan fingerprint density at radius 2 is 2.06 bits per heavy atom. The standard InChI is InChI=1S/C12H12N2O2/c1-7-3-4-8-10(5-7)14(2)6-9(11(8)15)12(13)16/h3-6H,1-2H3,(H2,13,16). The monoisotopic (exact) mass is 216 g/mol. The number of primary amides is 1. The number of carbonyl (C=O) groups is 1. The largest absolute Gasteiger partial charge is 0.365 e. The molecular formula is C12H12N2O2. The van der Waals surface area contributed by atoms with E-state index in [0.717, 1.165) is 11.1 Å². The van der Waals surface area contributed by atoms with Crippen molar-refractivity contribution in [1.29, 1.82) is 0 Å². The van der Waals surface area contributed by atoms with Gasteiger partial charge in [0.2, 0.25) is 5.43 Å². The number of benzene rings is 1. The van der Waals surface area contributed by atoms with Gasteiger partial charge in [-0.25, -0.2) is 0 Å². The van der Waals surface area contributed by atoms with Gasteiger partial charge in [0.05, 0.1) is 5.52 Å². The highest BCUT2D eigenvalue weighted by Crippen LogP contribution is 2.12. The summed E-state index contributed by atoms with van der Waals surface area (Å²) < 4.78 is 1.74. The lowest BCUT2D eigenvalue weighted by Gasteiger charge is -2.07. The lowest BCUT2D eigenvalue weighted by molar-refractivity contribution is 0.0999. The van der Waals surface area contributed by atoms with E-state index in [4.69, 9.17) is 5.73 Å². The summed E-state index contributed by atoms with van der Waals surface area (Å²) >= 11 is 0. The number of rotatable bonds is 1. The second-order valence-corrected chi connectivity index (χ2v) is 3.87. The van der Waals surface area contributed by atoms with Gasteiger partial charge in [-0.15, -0.1) is 0 Å². The maximum atomic E-state index is 11.9. The number of aromatic nitrogens is 1. The minimum absolute atomic E-state index is 0.0267. The molecule has 2 rings (SSSR count). The molecule has 0 bridgehead atoms. The van der Waals surface area contributed by atoms with Crippen LogP contribution in [0.5, 0.6) is 0 Å². The molecule has 1 aromatic carbocycles. The second kappa shape index (κ2) is 3.48. The van der Waals surface area contributed by atoms with Crippen LogP contribution in [0.1, 0.15) is 15.9 Å². The molecule has 1 amide bonds. The fourth-order valence-electron chi connectivity index (χ4n) is 1.77. The molecule has 0 aliphatic heterocycles. The third kappa shape index (κ3) is 1.48. The number of aryl methyl sites for hydroxylation is 2. The molecule has 1 aromatic heterocycles. The molecule has 0 aliphatic carbocycles. The fraction of sp³-hybridized carbons (Fsp3) is 0.167. The first-order chi connectivity index (χ1) is 7.50. The van der Waals surface area contributed by atoms with Crippen LogP contribution in [-0.2, 0) is 7.05 Å². The fourth-order valence-corrected chi connectivity index (χ4v) is 1.77. The molecular weight excluding hydrogens is 204 g/mol. The summed E-state index contributed by atoms with van der Waals surface area (Å²) in [5.41, 5.74) is 6.74. The van der Waals surface area contributed by atoms with Crippen LogP contribution in [0.3, 0.4) is 0 Å². The van der Waals surface area contributed by atoms with E-state index in [9.17, 15) is 9.59 Å². The summed E-state index contributed by atoms with van der Waals surface area (Å²) in [7, 11) is 1.79. The van der Waals surface area contributed by atoms with E-state index in [1.807, 2.05) is 19.1 Å². The first-order valence-electron chi connectivity index (χ1n) is 4.90. The Bertz CT molecular complexity index is 641. The number of carbonyl (C=O) groups excluding carboxylic acids is 1. The smallest absolute Gasteiger partial charge is 0.254 e. The van der Waals surface area contributed by atoms with Crippen LogP contribution in [0.25, 0.3) is 10.9 Å². The Morgan fingerprint density at radius 1 is 1.38 bits per heavy atom. The predicted molar refractivity (Wildman–Crippen MR) is 62.4 cm³/mol. The number of amides is 1. The SMILES string of the molecule is Cc1ccc2c(=O)c(C(N)=O)cn(C)c2c1. The molecule has 4 nitrogen and oxygen atoms in total. The molecule has 2 aromatic rings. The van der Waals surface area contributed by atoms with Gasteiger partial charge >= 0.3 is 0 Å². The van der Waals surface area contributed by atoms with E-state index >= 15 is 0 Å². The highest BCUT2D eigenvalue weighted by atomic mass is 16.2. The van der Waals surface area contributed by atoms with Crippen molar-refractivity contribution < 1.29 is 4.79 Å². The molecule has 0 unspecified atom stereocenters. The van der Waals surface area contributed by atoms with E-state index in [-0.39, 0.29) is 11.0 Å². The quantitative estimate of drug-likeness (QED) is 0.771. The Morgan fingerprint density at radius 3 is 2.69 bits per heavy atom. The van der Waals surface area contributed by atoms with E-state index < -0.39 is 5.91 Å². The van der Waals surface area contributed by atoms with Gasteiger partial charge in [0.15, 0.2) is 0 Å². The highest BCUT2D eigenvalue weighted by Gasteiger charge is 2.11. The third-order valence-electron chi connectivity index (χ3n) is 2.61. The summed E-state index contributed by atoms with van der Waals surface area (Å²) in [5.74, 6) is -0.692. The molecule has 0 fully saturated rings. The first kappa shape index (κ1) is 10.4. The molecule has 82 valence electrons. The Kier molecular flexibility index (Phi) is 2.27. The molecule has 0 spiro atoms. The average Bonchev–Trinajstić information content (AvgIpc) is 2.22. The molecule has 0 atom stereocenters. The summed E-state index contributed by atoms with van der Waals surface area (Å²) in [6, 6.07) is 5.47. The topological polar surface area (TPSA) is 65.1 Å². The van der Waals surface area contributed by atoms with Crippen LogP contribution in [0.4, 0.5) is 0 Å². The number of nitrogens with two attached hydrogens (primary N) is 1. The number of nitrogens with zero attached hydrogens (tertiary/aromatic N) is 1. The lowest BCUT2D eigenvalue weighted by atomic mass is 10.1. The minimum atomic E-state index is -0.692. The van der Waals surface area contributed by atoms with Crippen molar-refractivity contribution in [1.82, 2.24) is 4.57 Å². The number of hydrogen-bond donors (Lipinski definition) is 1. The second-order valence-electron chi connectivity index (χ2n) is 3.87. The van der Waals surface area contributed by atoms with Gasteiger partial charge in [-0.05, 0) is 24.6 Å². The summed E-state index contributed by atoms with van der Waals surface area (Å²) in [6.45, 7) is 1.95. The summed E-state index contributed by atoms with van der Waals surface area (Å²) in [6.07, 6.45) is 1.48. The van der Waals surface area contributed by atoms with E-state index in [1.54, 1.807) is 17.7 Å². The van der Waals surface area contributed by atoms with Gasteiger partial charge in [0, 0.05) is 18.6 Å². The maximum Gasteiger partial charge on any atom is 0.254 e. The van der Waals surface area contributed by atoms with Crippen LogP contribution < -0.4 is 11.2 Å². The minimum Gasteiger partial charge on any atom is -0.365 e. The average molecular weight is 216 g/mol. The maximum absolute atomic E-state index is 11.9. The van der Waals surface area contributed by atoms with Gasteiger partial charge in [0.1, 0.15) is 5.56 Å². The van der Waals surface area contributed by atoms with Gasteiger partial charge in [-0.2, -0.15) is 0 Å². The zero-order chi connectivity index (χ0) is 11.9. The third-order valence-corrected chi connectivity index (χ3v) is 2.61. The van der Waals surface area contributed by atoms with Crippen LogP contribution >= 0.6 is 0 Å². The number of pyridine rings is 1. The van der Waals surface area contributed by atoms with Gasteiger partial charge < -0.3 is 10.3 Å². The molecule has 2 N–H and O–H groups in total. The van der Waals surface area contributed by atoms with Crippen molar-refractivity contribution in [2.75, 3.05) is 0 Å². The summed E-state index contributed by atoms with van der Waals surface area (Å²) in [5, 5.41) is 0.518. The number of fused-ring (bicyclic) bond motifs is 1. The molecule has 0 saturated carbocycles. The van der Waals surface area contributed by atoms with Gasteiger partial charge in [-0.1, -0.05) is 6.07 Å². The van der Waals surface area contributed by atoms with Crippen LogP contribution in [0.15, 0.2) is 29.2 Å². The summed E-state index contributed by atoms with van der Waals surface area (Å²) in [4.78, 5) is 23.0. The zero-order valence-electron chi connectivity index (χ0n) is 9.15. The van der Waals surface area contributed by atoms with Crippen molar-refractivity contribution >= 4 is 16.8 Å². The molecule has 0 aliphatic rings. The molecule has 0 saturated heterocycles. The van der Waals surface area contributed by atoms with Crippen LogP contribution in [0, 0.1) is 6.92 Å². The van der Waals surface area contributed by atoms with Crippen LogP contribution in [-0.4, -0.2) is 10.5 Å². The van der Waals surface area contributed by atoms with Crippen molar-refractivity contribution in [2.24, 2.45) is 12.8 Å². The number of hydrogen-bond acceptors (Lipinski definition) is 2. The zero-order valence-corrected chi connectivity index (χ0v) is 9.15. The molecule has 4 heteroatoms. The highest BCUT2D eigenvalue weighted by molar-refractivity contribution is 5.96. The first-order valence-corrected chi connectivity index (χ1v) is 4.90. The normalized spacial score (nSPS) is 10.6. The van der Waals surface area contributed by atoms with Gasteiger partial charge in [0.25, 0.3) is 5.91 Å². The van der Waals surface area contributed by atoms with Crippen molar-refractivity contribution in [3.8, 4) is 0 Å². The van der Waals surface area contributed by atoms with E-state index in [0.29, 0.717) is 5.39 Å². The van der Waals surface area contributed by atoms with Crippen LogP contribution in [0.2, 0.25) is 0 Å². The predicted octanol–water partition coefficient (Wildman–Crippen LogP) is 0.946. The van der Waals surface area contributed by atoms with E-state index in [1.165, 1.54) is 6.20 Å². The Balaban J connectivity index is 2.96. The van der Waals surface area contributed by atoms with E-state index in [2.05, 4.69) is 0 Å². The molecule has 16 heavy (non-hydrogen) atoms. The van der Waals surface area contributed by atoms with Crippen molar-refractivity contribution in [2.45, 2.75) is 6.92 Å². The molecule has 1 heterocycles.